The Morgan fingerprint density at radius 1 is 1.23 bits per heavy atom. The van der Waals surface area contributed by atoms with Crippen molar-refractivity contribution in [2.75, 3.05) is 18.2 Å². The molecule has 2 heterocycles. The molecule has 0 saturated carbocycles. The van der Waals surface area contributed by atoms with E-state index in [4.69, 9.17) is 16.3 Å². The molecule has 0 radical (unpaired) electrons. The number of nitrogens with one attached hydrogen (secondary N) is 1. The van der Waals surface area contributed by atoms with Crippen molar-refractivity contribution in [1.82, 2.24) is 19.1 Å². The summed E-state index contributed by atoms with van der Waals surface area (Å²) in [6.45, 7) is 3.82. The summed E-state index contributed by atoms with van der Waals surface area (Å²) >= 11 is 7.11. The fourth-order valence-electron chi connectivity index (χ4n) is 2.91. The highest BCUT2D eigenvalue weighted by Gasteiger charge is 2.19. The maximum absolute atomic E-state index is 12.8. The quantitative estimate of drug-likeness (QED) is 0.442. The molecule has 0 aliphatic heterocycles. The van der Waals surface area contributed by atoms with Crippen molar-refractivity contribution in [2.24, 2.45) is 14.1 Å². The molecule has 1 amide bonds. The summed E-state index contributed by atoms with van der Waals surface area (Å²) in [6.07, 6.45) is 0. The number of ether oxygens (including phenoxy) is 1. The number of nitrogens with zero attached hydrogens (tertiary/aromatic N) is 4. The van der Waals surface area contributed by atoms with Gasteiger partial charge in [-0.2, -0.15) is 0 Å². The van der Waals surface area contributed by atoms with Crippen LogP contribution in [-0.2, 0) is 18.9 Å². The Bertz CT molecular complexity index is 1290. The summed E-state index contributed by atoms with van der Waals surface area (Å²) in [5.74, 6) is 0.569. The number of benzene rings is 1. The van der Waals surface area contributed by atoms with Gasteiger partial charge in [0.25, 0.3) is 5.56 Å². The zero-order valence-corrected chi connectivity index (χ0v) is 19.3. The summed E-state index contributed by atoms with van der Waals surface area (Å²) in [5, 5.41) is 3.75. The van der Waals surface area contributed by atoms with Gasteiger partial charge in [0.15, 0.2) is 5.65 Å². The number of aromatic nitrogens is 4. The molecule has 2 aromatic heterocycles. The number of aryl methyl sites for hydroxylation is 1. The highest BCUT2D eigenvalue weighted by Crippen LogP contribution is 2.29. The number of hydrogen-bond donors (Lipinski definition) is 1. The molecule has 1 N–H and O–H groups in total. The third-order valence-electron chi connectivity index (χ3n) is 4.58. The number of halogens is 1. The van der Waals surface area contributed by atoms with E-state index in [1.54, 1.807) is 25.2 Å². The van der Waals surface area contributed by atoms with Crippen molar-refractivity contribution in [2.45, 2.75) is 24.8 Å². The van der Waals surface area contributed by atoms with E-state index in [9.17, 15) is 14.4 Å². The number of carbonyl (C=O) groups is 1. The topological polar surface area (TPSA) is 108 Å². The van der Waals surface area contributed by atoms with E-state index < -0.39 is 11.2 Å². The maximum Gasteiger partial charge on any atom is 0.332 e. The lowest BCUT2D eigenvalue weighted by molar-refractivity contribution is -0.113. The fraction of sp³-hybridized carbons (Fsp3) is 0.350. The Hall–Kier alpha value is -2.85. The molecule has 0 unspecified atom stereocenters. The monoisotopic (exact) mass is 463 g/mol. The van der Waals surface area contributed by atoms with Crippen LogP contribution in [-0.4, -0.2) is 37.9 Å². The summed E-state index contributed by atoms with van der Waals surface area (Å²) in [7, 11) is 4.44. The molecule has 0 saturated heterocycles. The summed E-state index contributed by atoms with van der Waals surface area (Å²) in [4.78, 5) is 46.6. The van der Waals surface area contributed by atoms with Gasteiger partial charge in [0, 0.05) is 25.0 Å². The molecule has 0 spiro atoms. The number of hydrogen-bond acceptors (Lipinski definition) is 7. The predicted octanol–water partition coefficient (Wildman–Crippen LogP) is 2.54. The molecule has 0 bridgehead atoms. The third-order valence-corrected chi connectivity index (χ3v) is 5.79. The van der Waals surface area contributed by atoms with Crippen molar-refractivity contribution in [1.29, 1.82) is 0 Å². The minimum atomic E-state index is -0.507. The summed E-state index contributed by atoms with van der Waals surface area (Å²) in [5.41, 5.74) is -0.305. The Balaban J connectivity index is 1.98. The van der Waals surface area contributed by atoms with Gasteiger partial charge < -0.3 is 10.1 Å². The van der Waals surface area contributed by atoms with Crippen molar-refractivity contribution in [3.63, 3.8) is 0 Å². The molecule has 164 valence electrons. The molecular formula is C20H22ClN5O4S. The first-order valence-corrected chi connectivity index (χ1v) is 10.7. The summed E-state index contributed by atoms with van der Waals surface area (Å²) in [6, 6.07) is 4.90. The van der Waals surface area contributed by atoms with Gasteiger partial charge in [-0.15, -0.1) is 0 Å². The molecule has 11 heteroatoms. The van der Waals surface area contributed by atoms with E-state index in [1.165, 1.54) is 18.7 Å². The van der Waals surface area contributed by atoms with Crippen LogP contribution in [0.4, 0.5) is 5.69 Å². The molecule has 0 atom stereocenters. The number of rotatable bonds is 6. The van der Waals surface area contributed by atoms with Gasteiger partial charge in [0.1, 0.15) is 22.0 Å². The van der Waals surface area contributed by atoms with Gasteiger partial charge in [-0.05, 0) is 18.2 Å². The number of anilines is 1. The van der Waals surface area contributed by atoms with Crippen LogP contribution < -0.4 is 21.3 Å². The Kier molecular flexibility index (Phi) is 6.71. The normalized spacial score (nSPS) is 11.2. The second kappa shape index (κ2) is 9.11. The molecule has 31 heavy (non-hydrogen) atoms. The standard InChI is InChI=1S/C20H22ClN5O4S/c1-10(2)16-23-17-15(19(28)26(4)20(29)25(17)3)18(24-16)31-9-14(27)22-12-8-11(21)6-7-13(12)30-5/h6-8,10H,9H2,1-5H3,(H,22,27). The number of amides is 1. The van der Waals surface area contributed by atoms with E-state index in [1.807, 2.05) is 13.8 Å². The lowest BCUT2D eigenvalue weighted by Gasteiger charge is -2.13. The van der Waals surface area contributed by atoms with Gasteiger partial charge >= 0.3 is 5.69 Å². The lowest BCUT2D eigenvalue weighted by atomic mass is 10.2. The first-order valence-electron chi connectivity index (χ1n) is 9.37. The average Bonchev–Trinajstić information content (AvgIpc) is 2.74. The molecule has 3 aromatic rings. The van der Waals surface area contributed by atoms with Crippen molar-refractivity contribution in [3.05, 3.63) is 49.9 Å². The van der Waals surface area contributed by atoms with E-state index >= 15 is 0 Å². The largest absolute Gasteiger partial charge is 0.495 e. The first kappa shape index (κ1) is 22.8. The third kappa shape index (κ3) is 4.59. The molecule has 0 fully saturated rings. The van der Waals surface area contributed by atoms with Gasteiger partial charge in [-0.1, -0.05) is 37.2 Å². The van der Waals surface area contributed by atoms with Crippen LogP contribution >= 0.6 is 23.4 Å². The Morgan fingerprint density at radius 2 is 1.94 bits per heavy atom. The number of thioether (sulfide) groups is 1. The molecular weight excluding hydrogens is 442 g/mol. The average molecular weight is 464 g/mol. The molecule has 3 rings (SSSR count). The lowest BCUT2D eigenvalue weighted by Crippen LogP contribution is -2.38. The SMILES string of the molecule is COc1ccc(Cl)cc1NC(=O)CSc1nc(C(C)C)nc2c1c(=O)n(C)c(=O)n2C. The smallest absolute Gasteiger partial charge is 0.332 e. The molecule has 1 aromatic carbocycles. The molecule has 0 aliphatic rings. The van der Waals surface area contributed by atoms with Gasteiger partial charge in [-0.3, -0.25) is 18.7 Å². The second-order valence-electron chi connectivity index (χ2n) is 7.13. The summed E-state index contributed by atoms with van der Waals surface area (Å²) < 4.78 is 7.55. The van der Waals surface area contributed by atoms with E-state index in [0.717, 1.165) is 16.3 Å². The highest BCUT2D eigenvalue weighted by atomic mass is 35.5. The van der Waals surface area contributed by atoms with Gasteiger partial charge in [-0.25, -0.2) is 14.8 Å². The van der Waals surface area contributed by atoms with Crippen molar-refractivity contribution < 1.29 is 9.53 Å². The molecule has 9 nitrogen and oxygen atoms in total. The van der Waals surface area contributed by atoms with Crippen LogP contribution in [0.15, 0.2) is 32.8 Å². The second-order valence-corrected chi connectivity index (χ2v) is 8.53. The fourth-order valence-corrected chi connectivity index (χ4v) is 3.90. The van der Waals surface area contributed by atoms with Gasteiger partial charge in [0.2, 0.25) is 5.91 Å². The number of carbonyl (C=O) groups excluding carboxylic acids is 1. The Labute approximate surface area is 187 Å². The minimum Gasteiger partial charge on any atom is -0.495 e. The van der Waals surface area contributed by atoms with Crippen LogP contribution in [0.2, 0.25) is 5.02 Å². The highest BCUT2D eigenvalue weighted by molar-refractivity contribution is 8.00. The maximum atomic E-state index is 12.8. The zero-order chi connectivity index (χ0) is 22.9. The van der Waals surface area contributed by atoms with Gasteiger partial charge in [0.05, 0.1) is 18.6 Å². The number of methoxy groups -OCH3 is 1. The van der Waals surface area contributed by atoms with Crippen molar-refractivity contribution in [3.8, 4) is 5.75 Å². The van der Waals surface area contributed by atoms with E-state index in [0.29, 0.717) is 27.3 Å². The van der Waals surface area contributed by atoms with Crippen molar-refractivity contribution >= 4 is 46.0 Å². The number of fused-ring (bicyclic) bond motifs is 1. The minimum absolute atomic E-state index is 0.0225. The molecule has 0 aliphatic carbocycles. The zero-order valence-electron chi connectivity index (χ0n) is 17.7. The predicted molar refractivity (Wildman–Crippen MR) is 121 cm³/mol. The van der Waals surface area contributed by atoms with E-state index in [-0.39, 0.29) is 28.6 Å². The van der Waals surface area contributed by atoms with Crippen LogP contribution in [0.3, 0.4) is 0 Å². The first-order chi connectivity index (χ1) is 14.6. The van der Waals surface area contributed by atoms with Crippen LogP contribution in [0.5, 0.6) is 5.75 Å². The van der Waals surface area contributed by atoms with Crippen LogP contribution in [0.1, 0.15) is 25.6 Å². The van der Waals surface area contributed by atoms with E-state index in [2.05, 4.69) is 15.3 Å². The van der Waals surface area contributed by atoms with Crippen LogP contribution in [0.25, 0.3) is 11.0 Å². The van der Waals surface area contributed by atoms with Crippen LogP contribution in [0, 0.1) is 0 Å². The Morgan fingerprint density at radius 3 is 2.58 bits per heavy atom.